The molecule has 1 saturated heterocycles. The first-order chi connectivity index (χ1) is 16.7. The number of carbonyl (C=O) groups is 2. The molecule has 3 aromatic rings. The van der Waals surface area contributed by atoms with Crippen molar-refractivity contribution in [3.63, 3.8) is 0 Å². The van der Waals surface area contributed by atoms with Gasteiger partial charge in [-0.1, -0.05) is 6.07 Å². The molecule has 8 nitrogen and oxygen atoms in total. The molecule has 1 N–H and O–H groups in total. The van der Waals surface area contributed by atoms with Gasteiger partial charge in [0.1, 0.15) is 11.5 Å². The Morgan fingerprint density at radius 3 is 2.51 bits per heavy atom. The predicted octanol–water partition coefficient (Wildman–Crippen LogP) is 4.34. The topological polar surface area (TPSA) is 98.2 Å². The van der Waals surface area contributed by atoms with Gasteiger partial charge in [0.2, 0.25) is 6.79 Å². The molecule has 1 amide bonds. The van der Waals surface area contributed by atoms with Crippen LogP contribution >= 0.6 is 0 Å². The molecule has 35 heavy (non-hydrogen) atoms. The molecule has 0 radical (unpaired) electrons. The summed E-state index contributed by atoms with van der Waals surface area (Å²) >= 11 is 0. The van der Waals surface area contributed by atoms with Crippen molar-refractivity contribution in [1.82, 2.24) is 4.98 Å². The zero-order valence-corrected chi connectivity index (χ0v) is 17.7. The number of aromatic nitrogens is 1. The lowest BCUT2D eigenvalue weighted by molar-refractivity contribution is -0.274. The van der Waals surface area contributed by atoms with Crippen LogP contribution < -0.4 is 19.1 Å². The number of anilines is 1. The fourth-order valence-corrected chi connectivity index (χ4v) is 3.99. The zero-order valence-electron chi connectivity index (χ0n) is 17.7. The standard InChI is InChI=1S/C24H15F3N2O6/c25-24(26,27)35-16-3-1-2-15(11-16)29-20(13-6-8-28-9-7-13)19(22(31)23(29)32)21(30)14-4-5-17-18(10-14)34-12-33-17/h1-11,20,30H,12H2/b21-19-. The minimum atomic E-state index is -4.95. The largest absolute Gasteiger partial charge is 0.573 e. The Morgan fingerprint density at radius 1 is 1.03 bits per heavy atom. The molecule has 0 aliphatic carbocycles. The lowest BCUT2D eigenvalue weighted by Gasteiger charge is -2.25. The van der Waals surface area contributed by atoms with Crippen molar-refractivity contribution in [2.45, 2.75) is 12.4 Å². The van der Waals surface area contributed by atoms with E-state index in [0.717, 1.165) is 17.0 Å². The van der Waals surface area contributed by atoms with Crippen molar-refractivity contribution < 1.29 is 42.1 Å². The molecule has 5 rings (SSSR count). The van der Waals surface area contributed by atoms with Gasteiger partial charge in [-0.05, 0) is 48.0 Å². The van der Waals surface area contributed by atoms with E-state index in [-0.39, 0.29) is 23.6 Å². The van der Waals surface area contributed by atoms with Crippen LogP contribution in [-0.4, -0.2) is 34.9 Å². The number of fused-ring (bicyclic) bond motifs is 1. The Bertz CT molecular complexity index is 1360. The summed E-state index contributed by atoms with van der Waals surface area (Å²) < 4.78 is 52.8. The van der Waals surface area contributed by atoms with E-state index in [9.17, 15) is 27.9 Å². The van der Waals surface area contributed by atoms with Crippen molar-refractivity contribution in [3.8, 4) is 17.2 Å². The Labute approximate surface area is 195 Å². The lowest BCUT2D eigenvalue weighted by atomic mass is 9.95. The Morgan fingerprint density at radius 2 is 1.77 bits per heavy atom. The van der Waals surface area contributed by atoms with Crippen LogP contribution in [0.3, 0.4) is 0 Å². The van der Waals surface area contributed by atoms with Crippen molar-refractivity contribution >= 4 is 23.1 Å². The van der Waals surface area contributed by atoms with Gasteiger partial charge >= 0.3 is 6.36 Å². The molecule has 1 atom stereocenters. The van der Waals surface area contributed by atoms with E-state index in [1.165, 1.54) is 48.8 Å². The fourth-order valence-electron chi connectivity index (χ4n) is 3.99. The number of aliphatic hydroxyl groups excluding tert-OH is 1. The van der Waals surface area contributed by atoms with Crippen LogP contribution in [-0.2, 0) is 9.59 Å². The number of Topliss-reactive ketones (excluding diaryl/α,β-unsaturated/α-hetero) is 1. The number of aliphatic hydroxyl groups is 1. The van der Waals surface area contributed by atoms with Gasteiger partial charge in [-0.25, -0.2) is 0 Å². The number of ketones is 1. The van der Waals surface area contributed by atoms with E-state index >= 15 is 0 Å². The van der Waals surface area contributed by atoms with E-state index in [2.05, 4.69) is 9.72 Å². The SMILES string of the molecule is O=C1C(=O)N(c2cccc(OC(F)(F)F)c2)C(c2ccncc2)/C1=C(/O)c1ccc2c(c1)OCO2. The summed E-state index contributed by atoms with van der Waals surface area (Å²) in [6, 6.07) is 11.1. The maximum Gasteiger partial charge on any atom is 0.573 e. The number of hydrogen-bond donors (Lipinski definition) is 1. The third-order valence-electron chi connectivity index (χ3n) is 5.44. The molecule has 11 heteroatoms. The van der Waals surface area contributed by atoms with Gasteiger partial charge in [0.25, 0.3) is 11.7 Å². The van der Waals surface area contributed by atoms with Gasteiger partial charge in [-0.15, -0.1) is 13.2 Å². The van der Waals surface area contributed by atoms with Gasteiger partial charge in [-0.2, -0.15) is 0 Å². The minimum absolute atomic E-state index is 0.00269. The van der Waals surface area contributed by atoms with E-state index in [4.69, 9.17) is 9.47 Å². The lowest BCUT2D eigenvalue weighted by Crippen LogP contribution is -2.29. The van der Waals surface area contributed by atoms with Crippen LogP contribution in [0.5, 0.6) is 17.2 Å². The van der Waals surface area contributed by atoms with E-state index in [1.807, 2.05) is 0 Å². The molecule has 0 bridgehead atoms. The number of pyridine rings is 1. The van der Waals surface area contributed by atoms with Gasteiger partial charge in [0.05, 0.1) is 11.6 Å². The molecule has 0 saturated carbocycles. The predicted molar refractivity (Wildman–Crippen MR) is 115 cm³/mol. The molecule has 3 heterocycles. The molecule has 1 aromatic heterocycles. The highest BCUT2D eigenvalue weighted by Gasteiger charge is 2.47. The van der Waals surface area contributed by atoms with Gasteiger partial charge in [-0.3, -0.25) is 19.5 Å². The van der Waals surface area contributed by atoms with Crippen LogP contribution in [0.4, 0.5) is 18.9 Å². The number of amides is 1. The summed E-state index contributed by atoms with van der Waals surface area (Å²) in [6.07, 6.45) is -2.09. The molecule has 1 unspecified atom stereocenters. The molecule has 1 fully saturated rings. The summed E-state index contributed by atoms with van der Waals surface area (Å²) in [7, 11) is 0. The van der Waals surface area contributed by atoms with Crippen LogP contribution in [0.15, 0.2) is 72.6 Å². The first-order valence-corrected chi connectivity index (χ1v) is 10.2. The number of ether oxygens (including phenoxy) is 3. The summed E-state index contributed by atoms with van der Waals surface area (Å²) in [6.45, 7) is -0.00269. The average Bonchev–Trinajstić information content (AvgIpc) is 3.40. The van der Waals surface area contributed by atoms with Gasteiger partial charge < -0.3 is 19.3 Å². The van der Waals surface area contributed by atoms with Crippen LogP contribution in [0, 0.1) is 0 Å². The first-order valence-electron chi connectivity index (χ1n) is 10.2. The molecule has 0 spiro atoms. The van der Waals surface area contributed by atoms with Crippen molar-refractivity contribution in [1.29, 1.82) is 0 Å². The second kappa shape index (κ2) is 8.35. The molecule has 2 aliphatic rings. The number of carbonyl (C=O) groups excluding carboxylic acids is 2. The van der Waals surface area contributed by atoms with Gasteiger partial charge in [0.15, 0.2) is 11.5 Å². The minimum Gasteiger partial charge on any atom is -0.507 e. The molecular weight excluding hydrogens is 469 g/mol. The Kier molecular flexibility index (Phi) is 5.31. The second-order valence-electron chi connectivity index (χ2n) is 7.56. The molecule has 178 valence electrons. The highest BCUT2D eigenvalue weighted by molar-refractivity contribution is 6.51. The van der Waals surface area contributed by atoms with Crippen LogP contribution in [0.2, 0.25) is 0 Å². The Hall–Kier alpha value is -4.54. The average molecular weight is 484 g/mol. The number of benzene rings is 2. The zero-order chi connectivity index (χ0) is 24.7. The van der Waals surface area contributed by atoms with Crippen molar-refractivity contribution in [3.05, 3.63) is 83.7 Å². The van der Waals surface area contributed by atoms with Crippen molar-refractivity contribution in [2.24, 2.45) is 0 Å². The van der Waals surface area contributed by atoms with E-state index in [1.54, 1.807) is 6.07 Å². The summed E-state index contributed by atoms with van der Waals surface area (Å²) in [4.78, 5) is 31.2. The van der Waals surface area contributed by atoms with Gasteiger partial charge in [0, 0.05) is 29.7 Å². The monoisotopic (exact) mass is 484 g/mol. The smallest absolute Gasteiger partial charge is 0.507 e. The summed E-state index contributed by atoms with van der Waals surface area (Å²) in [5.74, 6) is -2.29. The normalized spacial score (nSPS) is 18.7. The first kappa shape index (κ1) is 22.3. The maximum absolute atomic E-state index is 13.1. The highest BCUT2D eigenvalue weighted by atomic mass is 19.4. The molecule has 2 aliphatic heterocycles. The van der Waals surface area contributed by atoms with Crippen LogP contribution in [0.25, 0.3) is 5.76 Å². The summed E-state index contributed by atoms with van der Waals surface area (Å²) in [5, 5.41) is 11.1. The fraction of sp³-hybridized carbons (Fsp3) is 0.125. The number of alkyl halides is 3. The van der Waals surface area contributed by atoms with Crippen LogP contribution in [0.1, 0.15) is 17.2 Å². The quantitative estimate of drug-likeness (QED) is 0.334. The number of nitrogens with zero attached hydrogens (tertiary/aromatic N) is 2. The Balaban J connectivity index is 1.65. The number of rotatable bonds is 4. The second-order valence-corrected chi connectivity index (χ2v) is 7.56. The number of halogens is 3. The molecular formula is C24H15F3N2O6. The maximum atomic E-state index is 13.1. The molecule has 2 aromatic carbocycles. The highest BCUT2D eigenvalue weighted by Crippen LogP contribution is 2.44. The van der Waals surface area contributed by atoms with Crippen molar-refractivity contribution in [2.75, 3.05) is 11.7 Å². The summed E-state index contributed by atoms with van der Waals surface area (Å²) in [5.41, 5.74) is 0.326. The third-order valence-corrected chi connectivity index (χ3v) is 5.44. The number of hydrogen-bond acceptors (Lipinski definition) is 7. The third kappa shape index (κ3) is 4.12. The van der Waals surface area contributed by atoms with E-state index < -0.39 is 35.6 Å². The van der Waals surface area contributed by atoms with E-state index in [0.29, 0.717) is 17.1 Å².